The van der Waals surface area contributed by atoms with E-state index < -0.39 is 11.6 Å². The average Bonchev–Trinajstić information content (AvgIpc) is 3.12. The van der Waals surface area contributed by atoms with Gasteiger partial charge in [0, 0.05) is 23.9 Å². The molecule has 0 bridgehead atoms. The monoisotopic (exact) mass is 395 g/mol. The molecule has 0 unspecified atom stereocenters. The summed E-state index contributed by atoms with van der Waals surface area (Å²) >= 11 is 5.67. The third kappa shape index (κ3) is 3.97. The van der Waals surface area contributed by atoms with Crippen LogP contribution in [0.3, 0.4) is 0 Å². The highest BCUT2D eigenvalue weighted by Crippen LogP contribution is 2.24. The summed E-state index contributed by atoms with van der Waals surface area (Å²) in [6.07, 6.45) is 0.419. The second-order valence-corrected chi connectivity index (χ2v) is 6.49. The molecule has 0 N–H and O–H groups in total. The van der Waals surface area contributed by atoms with Crippen molar-refractivity contribution in [3.8, 4) is 16.9 Å². The van der Waals surface area contributed by atoms with Gasteiger partial charge in [-0.2, -0.15) is 0 Å². The van der Waals surface area contributed by atoms with Crippen LogP contribution in [0.4, 0.5) is 0 Å². The van der Waals surface area contributed by atoms with Gasteiger partial charge in [0.1, 0.15) is 17.1 Å². The van der Waals surface area contributed by atoms with Gasteiger partial charge in [-0.15, -0.1) is 0 Å². The zero-order chi connectivity index (χ0) is 19.5. The number of carbonyl (C=O) groups is 1. The minimum atomic E-state index is -0.454. The number of fused-ring (bicyclic) bond motifs is 1. The molecule has 2 aromatic heterocycles. The third-order valence-electron chi connectivity index (χ3n) is 4.13. The van der Waals surface area contributed by atoms with E-state index in [4.69, 9.17) is 25.3 Å². The number of aromatic nitrogens is 1. The van der Waals surface area contributed by atoms with E-state index in [2.05, 4.69) is 5.16 Å². The maximum Gasteiger partial charge on any atom is 0.344 e. The standard InChI is InChI=1S/C21H14ClNO5/c22-19-12-16(28-23-19)8-9-20(24)26-15-7-6-14-10-17(13-4-2-1-3-5-13)21(25)27-18(14)11-15/h1-7,10-12H,8-9H2. The normalized spacial score (nSPS) is 10.9. The number of ether oxygens (including phenoxy) is 1. The summed E-state index contributed by atoms with van der Waals surface area (Å²) in [5.41, 5.74) is 1.14. The van der Waals surface area contributed by atoms with E-state index in [9.17, 15) is 9.59 Å². The molecule has 6 nitrogen and oxygen atoms in total. The molecule has 0 aliphatic carbocycles. The van der Waals surface area contributed by atoms with Crippen molar-refractivity contribution in [1.29, 1.82) is 0 Å². The molecule has 0 radical (unpaired) electrons. The second kappa shape index (κ2) is 7.70. The smallest absolute Gasteiger partial charge is 0.344 e. The quantitative estimate of drug-likeness (QED) is 0.278. The number of halogens is 1. The van der Waals surface area contributed by atoms with Gasteiger partial charge in [0.15, 0.2) is 5.15 Å². The van der Waals surface area contributed by atoms with Crippen molar-refractivity contribution < 1.29 is 18.5 Å². The second-order valence-electron chi connectivity index (χ2n) is 6.10. The fourth-order valence-electron chi connectivity index (χ4n) is 2.79. The molecule has 2 heterocycles. The molecule has 0 spiro atoms. The molecule has 4 aromatic rings. The Bertz CT molecular complexity index is 1200. The first-order chi connectivity index (χ1) is 13.6. The molecular weight excluding hydrogens is 382 g/mol. The van der Waals surface area contributed by atoms with E-state index >= 15 is 0 Å². The van der Waals surface area contributed by atoms with Crippen molar-refractivity contribution in [2.24, 2.45) is 0 Å². The molecular formula is C21H14ClNO5. The lowest BCUT2D eigenvalue weighted by Crippen LogP contribution is -2.09. The van der Waals surface area contributed by atoms with Gasteiger partial charge in [-0.25, -0.2) is 4.79 Å². The van der Waals surface area contributed by atoms with E-state index in [1.54, 1.807) is 24.3 Å². The molecule has 0 aliphatic heterocycles. The molecule has 0 fully saturated rings. The lowest BCUT2D eigenvalue weighted by molar-refractivity contribution is -0.134. The summed E-state index contributed by atoms with van der Waals surface area (Å²) in [7, 11) is 0. The van der Waals surface area contributed by atoms with Gasteiger partial charge in [-0.05, 0) is 23.8 Å². The Balaban J connectivity index is 1.51. The number of hydrogen-bond acceptors (Lipinski definition) is 6. The van der Waals surface area contributed by atoms with Crippen LogP contribution in [0.15, 0.2) is 74.4 Å². The number of nitrogens with zero attached hydrogens (tertiary/aromatic N) is 1. The molecule has 0 amide bonds. The highest BCUT2D eigenvalue weighted by atomic mass is 35.5. The lowest BCUT2D eigenvalue weighted by Gasteiger charge is -2.06. The van der Waals surface area contributed by atoms with Gasteiger partial charge in [0.25, 0.3) is 0 Å². The Morgan fingerprint density at radius 3 is 2.64 bits per heavy atom. The van der Waals surface area contributed by atoms with Crippen molar-refractivity contribution in [3.05, 3.63) is 82.0 Å². The van der Waals surface area contributed by atoms with Crippen LogP contribution in [0.5, 0.6) is 5.75 Å². The van der Waals surface area contributed by atoms with Crippen molar-refractivity contribution in [1.82, 2.24) is 5.16 Å². The van der Waals surface area contributed by atoms with E-state index in [1.807, 2.05) is 30.3 Å². The molecule has 28 heavy (non-hydrogen) atoms. The predicted octanol–water partition coefficient (Wildman–Crippen LogP) is 4.64. The Morgan fingerprint density at radius 1 is 1.07 bits per heavy atom. The van der Waals surface area contributed by atoms with Crippen LogP contribution in [0.2, 0.25) is 5.15 Å². The predicted molar refractivity (Wildman–Crippen MR) is 103 cm³/mol. The largest absolute Gasteiger partial charge is 0.426 e. The number of benzene rings is 2. The first kappa shape index (κ1) is 18.0. The van der Waals surface area contributed by atoms with Crippen LogP contribution in [0.25, 0.3) is 22.1 Å². The van der Waals surface area contributed by atoms with Gasteiger partial charge in [-0.1, -0.05) is 47.1 Å². The Labute approximate surface area is 164 Å². The average molecular weight is 396 g/mol. The summed E-state index contributed by atoms with van der Waals surface area (Å²) in [6.45, 7) is 0. The molecule has 0 saturated carbocycles. The molecule has 0 aliphatic rings. The summed E-state index contributed by atoms with van der Waals surface area (Å²) in [5.74, 6) is 0.346. The topological polar surface area (TPSA) is 82.5 Å². The number of esters is 1. The van der Waals surface area contributed by atoms with E-state index in [0.717, 1.165) is 10.9 Å². The summed E-state index contributed by atoms with van der Waals surface area (Å²) in [5, 5.41) is 4.52. The van der Waals surface area contributed by atoms with Gasteiger partial charge in [-0.3, -0.25) is 4.79 Å². The van der Waals surface area contributed by atoms with Crippen LogP contribution in [0.1, 0.15) is 12.2 Å². The zero-order valence-electron chi connectivity index (χ0n) is 14.6. The van der Waals surface area contributed by atoms with E-state index in [0.29, 0.717) is 29.1 Å². The molecule has 0 atom stereocenters. The molecule has 7 heteroatoms. The summed E-state index contributed by atoms with van der Waals surface area (Å²) < 4.78 is 15.7. The zero-order valence-corrected chi connectivity index (χ0v) is 15.3. The highest BCUT2D eigenvalue weighted by molar-refractivity contribution is 6.29. The Kier molecular flexibility index (Phi) is 4.95. The van der Waals surface area contributed by atoms with Crippen molar-refractivity contribution in [3.63, 3.8) is 0 Å². The lowest BCUT2D eigenvalue weighted by atomic mass is 10.1. The maximum absolute atomic E-state index is 12.3. The van der Waals surface area contributed by atoms with Crippen molar-refractivity contribution in [2.45, 2.75) is 12.8 Å². The third-order valence-corrected chi connectivity index (χ3v) is 4.31. The number of hydrogen-bond donors (Lipinski definition) is 0. The maximum atomic E-state index is 12.3. The Hall–Kier alpha value is -3.38. The minimum Gasteiger partial charge on any atom is -0.426 e. The Morgan fingerprint density at radius 2 is 1.89 bits per heavy atom. The first-order valence-corrected chi connectivity index (χ1v) is 8.91. The fraction of sp³-hybridized carbons (Fsp3) is 0.0952. The van der Waals surface area contributed by atoms with Crippen LogP contribution < -0.4 is 10.4 Å². The van der Waals surface area contributed by atoms with E-state index in [-0.39, 0.29) is 11.6 Å². The van der Waals surface area contributed by atoms with Crippen LogP contribution >= 0.6 is 11.6 Å². The van der Waals surface area contributed by atoms with Crippen molar-refractivity contribution >= 4 is 28.5 Å². The van der Waals surface area contributed by atoms with Crippen LogP contribution in [-0.2, 0) is 11.2 Å². The molecule has 140 valence electrons. The highest BCUT2D eigenvalue weighted by Gasteiger charge is 2.12. The van der Waals surface area contributed by atoms with E-state index in [1.165, 1.54) is 6.07 Å². The van der Waals surface area contributed by atoms with Crippen molar-refractivity contribution in [2.75, 3.05) is 0 Å². The molecule has 4 rings (SSSR count). The van der Waals surface area contributed by atoms with Gasteiger partial charge in [0.2, 0.25) is 0 Å². The van der Waals surface area contributed by atoms with Crippen LogP contribution in [0, 0.1) is 0 Å². The van der Waals surface area contributed by atoms with Gasteiger partial charge >= 0.3 is 11.6 Å². The fourth-order valence-corrected chi connectivity index (χ4v) is 2.94. The minimum absolute atomic E-state index is 0.0977. The molecule has 0 saturated heterocycles. The van der Waals surface area contributed by atoms with Crippen LogP contribution in [-0.4, -0.2) is 11.1 Å². The number of carbonyl (C=O) groups excluding carboxylic acids is 1. The number of aryl methyl sites for hydroxylation is 1. The summed E-state index contributed by atoms with van der Waals surface area (Å²) in [6, 6.07) is 17.5. The SMILES string of the molecule is O=C(CCc1cc(Cl)no1)Oc1ccc2cc(-c3ccccc3)c(=O)oc2c1. The number of rotatable bonds is 5. The van der Waals surface area contributed by atoms with Gasteiger partial charge in [0.05, 0.1) is 12.0 Å². The summed E-state index contributed by atoms with van der Waals surface area (Å²) in [4.78, 5) is 24.4. The first-order valence-electron chi connectivity index (χ1n) is 8.53. The molecule has 2 aromatic carbocycles. The van der Waals surface area contributed by atoms with Gasteiger partial charge < -0.3 is 13.7 Å².